The normalized spacial score (nSPS) is 28.5. The molecule has 18 heavy (non-hydrogen) atoms. The van der Waals surface area contributed by atoms with Crippen LogP contribution in [0.5, 0.6) is 0 Å². The molecule has 1 heterocycles. The van der Waals surface area contributed by atoms with Gasteiger partial charge in [-0.15, -0.1) is 0 Å². The van der Waals surface area contributed by atoms with Crippen molar-refractivity contribution in [2.24, 2.45) is 18.7 Å². The first-order valence-corrected chi connectivity index (χ1v) is 6.95. The minimum atomic E-state index is -0.0608. The van der Waals surface area contributed by atoms with Gasteiger partial charge < -0.3 is 10.5 Å². The average molecular weight is 251 g/mol. The molecule has 2 N–H and O–H groups in total. The molecule has 4 heteroatoms. The maximum absolute atomic E-state index is 6.12. The van der Waals surface area contributed by atoms with Gasteiger partial charge in [-0.25, -0.2) is 0 Å². The lowest BCUT2D eigenvalue weighted by molar-refractivity contribution is -0.0688. The Hall–Kier alpha value is -0.870. The highest BCUT2D eigenvalue weighted by molar-refractivity contribution is 5.03. The van der Waals surface area contributed by atoms with Gasteiger partial charge in [0.25, 0.3) is 0 Å². The Kier molecular flexibility index (Phi) is 4.40. The van der Waals surface area contributed by atoms with Gasteiger partial charge in [-0.1, -0.05) is 6.92 Å². The number of nitrogens with zero attached hydrogens (tertiary/aromatic N) is 2. The third kappa shape index (κ3) is 3.33. The van der Waals surface area contributed by atoms with Crippen LogP contribution < -0.4 is 5.73 Å². The standard InChI is InChI=1S/C14H25N3O/c1-12-3-6-14(11-15,7-4-12)18-8-5-13-9-16-17(2)10-13/h9-10,12H,3-8,11,15H2,1-2H3. The van der Waals surface area contributed by atoms with Crippen molar-refractivity contribution < 1.29 is 4.74 Å². The average Bonchev–Trinajstić information content (AvgIpc) is 2.78. The first-order chi connectivity index (χ1) is 8.63. The lowest BCUT2D eigenvalue weighted by atomic mass is 9.79. The van der Waals surface area contributed by atoms with Crippen molar-refractivity contribution in [2.45, 2.75) is 44.6 Å². The van der Waals surface area contributed by atoms with Crippen LogP contribution in [0.15, 0.2) is 12.4 Å². The fourth-order valence-corrected chi connectivity index (χ4v) is 2.68. The van der Waals surface area contributed by atoms with Gasteiger partial charge in [0.1, 0.15) is 0 Å². The zero-order valence-electron chi connectivity index (χ0n) is 11.6. The zero-order chi connectivity index (χ0) is 13.0. The largest absolute Gasteiger partial charge is 0.373 e. The number of aryl methyl sites for hydroxylation is 1. The van der Waals surface area contributed by atoms with Crippen molar-refractivity contribution in [3.05, 3.63) is 18.0 Å². The first-order valence-electron chi connectivity index (χ1n) is 6.95. The van der Waals surface area contributed by atoms with E-state index in [-0.39, 0.29) is 5.60 Å². The Bertz CT molecular complexity index is 367. The molecule has 1 aliphatic carbocycles. The highest BCUT2D eigenvalue weighted by atomic mass is 16.5. The van der Waals surface area contributed by atoms with Crippen LogP contribution in [-0.2, 0) is 18.2 Å². The number of hydrogen-bond acceptors (Lipinski definition) is 3. The van der Waals surface area contributed by atoms with Crippen molar-refractivity contribution in [1.29, 1.82) is 0 Å². The van der Waals surface area contributed by atoms with Gasteiger partial charge in [-0.3, -0.25) is 4.68 Å². The van der Waals surface area contributed by atoms with E-state index >= 15 is 0 Å². The van der Waals surface area contributed by atoms with Crippen LogP contribution in [-0.4, -0.2) is 28.5 Å². The maximum Gasteiger partial charge on any atom is 0.0804 e. The summed E-state index contributed by atoms with van der Waals surface area (Å²) in [5.74, 6) is 0.826. The summed E-state index contributed by atoms with van der Waals surface area (Å²) in [5, 5.41) is 4.17. The summed E-state index contributed by atoms with van der Waals surface area (Å²) in [7, 11) is 1.94. The SMILES string of the molecule is CC1CCC(CN)(OCCc2cnn(C)c2)CC1. The minimum absolute atomic E-state index is 0.0608. The van der Waals surface area contributed by atoms with E-state index in [1.54, 1.807) is 0 Å². The number of nitrogens with two attached hydrogens (primary N) is 1. The summed E-state index contributed by atoms with van der Waals surface area (Å²) < 4.78 is 7.95. The molecular weight excluding hydrogens is 226 g/mol. The van der Waals surface area contributed by atoms with Gasteiger partial charge in [0, 0.05) is 19.8 Å². The van der Waals surface area contributed by atoms with Crippen LogP contribution in [0.25, 0.3) is 0 Å². The Morgan fingerprint density at radius 2 is 2.22 bits per heavy atom. The molecule has 0 aliphatic heterocycles. The number of hydrogen-bond donors (Lipinski definition) is 1. The molecule has 102 valence electrons. The lowest BCUT2D eigenvalue weighted by Crippen LogP contribution is -2.44. The summed E-state index contributed by atoms with van der Waals surface area (Å²) in [6.45, 7) is 3.71. The predicted molar refractivity (Wildman–Crippen MR) is 72.3 cm³/mol. The molecule has 0 radical (unpaired) electrons. The molecule has 2 rings (SSSR count). The first kappa shape index (κ1) is 13.6. The van der Waals surface area contributed by atoms with Gasteiger partial charge >= 0.3 is 0 Å². The smallest absolute Gasteiger partial charge is 0.0804 e. The molecule has 1 aromatic heterocycles. The van der Waals surface area contributed by atoms with E-state index in [0.717, 1.165) is 31.8 Å². The topological polar surface area (TPSA) is 53.1 Å². The van der Waals surface area contributed by atoms with Crippen LogP contribution in [0.3, 0.4) is 0 Å². The molecule has 0 saturated heterocycles. The summed E-state index contributed by atoms with van der Waals surface area (Å²) >= 11 is 0. The fourth-order valence-electron chi connectivity index (χ4n) is 2.68. The molecule has 1 saturated carbocycles. The van der Waals surface area contributed by atoms with Crippen molar-refractivity contribution >= 4 is 0 Å². The minimum Gasteiger partial charge on any atom is -0.373 e. The summed E-state index contributed by atoms with van der Waals surface area (Å²) in [4.78, 5) is 0. The van der Waals surface area contributed by atoms with Gasteiger partial charge in [-0.2, -0.15) is 5.10 Å². The van der Waals surface area contributed by atoms with E-state index in [0.29, 0.717) is 6.54 Å². The van der Waals surface area contributed by atoms with E-state index in [9.17, 15) is 0 Å². The van der Waals surface area contributed by atoms with Gasteiger partial charge in [0.15, 0.2) is 0 Å². The molecule has 1 fully saturated rings. The molecule has 1 aliphatic rings. The predicted octanol–water partition coefficient (Wildman–Crippen LogP) is 1.89. The maximum atomic E-state index is 6.12. The van der Waals surface area contributed by atoms with Gasteiger partial charge in [-0.05, 0) is 43.6 Å². The summed E-state index contributed by atoms with van der Waals surface area (Å²) in [6.07, 6.45) is 9.57. The molecule has 0 amide bonds. The van der Waals surface area contributed by atoms with Crippen LogP contribution in [0.2, 0.25) is 0 Å². The van der Waals surface area contributed by atoms with E-state index in [4.69, 9.17) is 10.5 Å². The molecule has 0 spiro atoms. The number of aromatic nitrogens is 2. The summed E-state index contributed by atoms with van der Waals surface area (Å²) in [6, 6.07) is 0. The lowest BCUT2D eigenvalue weighted by Gasteiger charge is -2.38. The highest BCUT2D eigenvalue weighted by Crippen LogP contribution is 2.34. The third-order valence-corrected chi connectivity index (χ3v) is 4.11. The van der Waals surface area contributed by atoms with Crippen LogP contribution in [0, 0.1) is 5.92 Å². The second-order valence-corrected chi connectivity index (χ2v) is 5.69. The summed E-state index contributed by atoms with van der Waals surface area (Å²) in [5.41, 5.74) is 7.10. The third-order valence-electron chi connectivity index (χ3n) is 4.11. The van der Waals surface area contributed by atoms with E-state index < -0.39 is 0 Å². The monoisotopic (exact) mass is 251 g/mol. The number of rotatable bonds is 5. The number of ether oxygens (including phenoxy) is 1. The molecule has 0 bridgehead atoms. The van der Waals surface area contributed by atoms with Crippen molar-refractivity contribution in [3.63, 3.8) is 0 Å². The van der Waals surface area contributed by atoms with Crippen molar-refractivity contribution in [3.8, 4) is 0 Å². The quantitative estimate of drug-likeness (QED) is 0.869. The second-order valence-electron chi connectivity index (χ2n) is 5.69. The Balaban J connectivity index is 1.80. The van der Waals surface area contributed by atoms with E-state index in [2.05, 4.69) is 12.0 Å². The van der Waals surface area contributed by atoms with E-state index in [1.165, 1.54) is 18.4 Å². The Morgan fingerprint density at radius 3 is 2.78 bits per heavy atom. The molecule has 0 atom stereocenters. The molecule has 0 unspecified atom stereocenters. The van der Waals surface area contributed by atoms with Crippen LogP contribution >= 0.6 is 0 Å². The molecule has 4 nitrogen and oxygen atoms in total. The molecular formula is C14H25N3O. The molecule has 0 aromatic carbocycles. The molecule has 1 aromatic rings. The van der Waals surface area contributed by atoms with Crippen LogP contribution in [0.4, 0.5) is 0 Å². The highest BCUT2D eigenvalue weighted by Gasteiger charge is 2.33. The van der Waals surface area contributed by atoms with Crippen LogP contribution in [0.1, 0.15) is 38.2 Å². The zero-order valence-corrected chi connectivity index (χ0v) is 11.6. The van der Waals surface area contributed by atoms with E-state index in [1.807, 2.05) is 24.1 Å². The van der Waals surface area contributed by atoms with Crippen molar-refractivity contribution in [1.82, 2.24) is 9.78 Å². The van der Waals surface area contributed by atoms with Crippen molar-refractivity contribution in [2.75, 3.05) is 13.2 Å². The Morgan fingerprint density at radius 1 is 1.50 bits per heavy atom. The second kappa shape index (κ2) is 5.85. The Labute approximate surface area is 110 Å². The fraction of sp³-hybridized carbons (Fsp3) is 0.786. The van der Waals surface area contributed by atoms with Gasteiger partial charge in [0.05, 0.1) is 18.4 Å². The van der Waals surface area contributed by atoms with Gasteiger partial charge in [0.2, 0.25) is 0 Å².